The number of likely N-dealkylation sites (tertiary alicyclic amines) is 1. The summed E-state index contributed by atoms with van der Waals surface area (Å²) in [5, 5.41) is 10.9. The molecule has 0 aliphatic carbocycles. The Morgan fingerprint density at radius 3 is 2.39 bits per heavy atom. The first-order valence-electron chi connectivity index (χ1n) is 9.09. The van der Waals surface area contributed by atoms with Gasteiger partial charge in [-0.15, -0.1) is 0 Å². The van der Waals surface area contributed by atoms with Crippen molar-refractivity contribution in [2.24, 2.45) is 0 Å². The van der Waals surface area contributed by atoms with Gasteiger partial charge in [-0.25, -0.2) is 0 Å². The SMILES string of the molecule is CCCN1C(=O)C(=O)C(=C(O)c2ccccc2)[C@@H]1c1cc(OC)ccc1OC. The zero-order chi connectivity index (χ0) is 20.3. The Morgan fingerprint density at radius 1 is 1.07 bits per heavy atom. The highest BCUT2D eigenvalue weighted by atomic mass is 16.5. The second-order valence-corrected chi connectivity index (χ2v) is 6.47. The van der Waals surface area contributed by atoms with Crippen LogP contribution in [-0.4, -0.2) is 42.5 Å². The van der Waals surface area contributed by atoms with Crippen LogP contribution in [0.15, 0.2) is 54.1 Å². The van der Waals surface area contributed by atoms with E-state index in [-0.39, 0.29) is 11.3 Å². The summed E-state index contributed by atoms with van der Waals surface area (Å²) in [6.45, 7) is 2.30. The molecule has 6 nitrogen and oxygen atoms in total. The first-order valence-corrected chi connectivity index (χ1v) is 9.09. The number of amides is 1. The van der Waals surface area contributed by atoms with Crippen molar-refractivity contribution in [3.05, 3.63) is 65.2 Å². The second-order valence-electron chi connectivity index (χ2n) is 6.47. The lowest BCUT2D eigenvalue weighted by Gasteiger charge is -2.26. The third-order valence-corrected chi connectivity index (χ3v) is 4.78. The van der Waals surface area contributed by atoms with E-state index in [4.69, 9.17) is 9.47 Å². The number of carbonyl (C=O) groups is 2. The van der Waals surface area contributed by atoms with Crippen molar-refractivity contribution in [3.8, 4) is 11.5 Å². The van der Waals surface area contributed by atoms with E-state index in [0.29, 0.717) is 35.6 Å². The van der Waals surface area contributed by atoms with E-state index in [2.05, 4.69) is 0 Å². The fourth-order valence-electron chi connectivity index (χ4n) is 3.48. The van der Waals surface area contributed by atoms with Gasteiger partial charge in [0.25, 0.3) is 11.7 Å². The summed E-state index contributed by atoms with van der Waals surface area (Å²) in [7, 11) is 3.06. The summed E-state index contributed by atoms with van der Waals surface area (Å²) >= 11 is 0. The lowest BCUT2D eigenvalue weighted by molar-refractivity contribution is -0.139. The number of methoxy groups -OCH3 is 2. The number of hydrogen-bond acceptors (Lipinski definition) is 5. The van der Waals surface area contributed by atoms with Crippen LogP contribution in [0.3, 0.4) is 0 Å². The summed E-state index contributed by atoms with van der Waals surface area (Å²) < 4.78 is 10.8. The van der Waals surface area contributed by atoms with E-state index in [1.165, 1.54) is 12.0 Å². The van der Waals surface area contributed by atoms with Crippen molar-refractivity contribution >= 4 is 17.4 Å². The average molecular weight is 381 g/mol. The molecule has 2 aromatic rings. The third-order valence-electron chi connectivity index (χ3n) is 4.78. The maximum Gasteiger partial charge on any atom is 0.295 e. The van der Waals surface area contributed by atoms with E-state index in [0.717, 1.165) is 0 Å². The van der Waals surface area contributed by atoms with Gasteiger partial charge in [0.2, 0.25) is 0 Å². The summed E-state index contributed by atoms with van der Waals surface area (Å²) in [4.78, 5) is 27.1. The van der Waals surface area contributed by atoms with Gasteiger partial charge in [0.1, 0.15) is 17.3 Å². The molecule has 2 aromatic carbocycles. The number of carbonyl (C=O) groups excluding carboxylic acids is 2. The minimum absolute atomic E-state index is 0.0520. The highest BCUT2D eigenvalue weighted by Crippen LogP contribution is 2.43. The van der Waals surface area contributed by atoms with E-state index in [9.17, 15) is 14.7 Å². The highest BCUT2D eigenvalue weighted by Gasteiger charge is 2.46. The molecule has 1 aliphatic heterocycles. The first kappa shape index (κ1) is 19.5. The van der Waals surface area contributed by atoms with Crippen molar-refractivity contribution in [1.29, 1.82) is 0 Å². The summed E-state index contributed by atoms with van der Waals surface area (Å²) in [5.74, 6) is -0.461. The Balaban J connectivity index is 2.26. The zero-order valence-corrected chi connectivity index (χ0v) is 16.1. The van der Waals surface area contributed by atoms with Crippen LogP contribution in [0, 0.1) is 0 Å². The Morgan fingerprint density at radius 2 is 1.79 bits per heavy atom. The monoisotopic (exact) mass is 381 g/mol. The summed E-state index contributed by atoms with van der Waals surface area (Å²) in [6, 6.07) is 13.2. The van der Waals surface area contributed by atoms with Crippen LogP contribution in [0.4, 0.5) is 0 Å². The fraction of sp³-hybridized carbons (Fsp3) is 0.273. The molecular weight excluding hydrogens is 358 g/mol. The lowest BCUT2D eigenvalue weighted by atomic mass is 9.94. The number of hydrogen-bond donors (Lipinski definition) is 1. The van der Waals surface area contributed by atoms with Gasteiger partial charge in [0.05, 0.1) is 25.8 Å². The van der Waals surface area contributed by atoms with Crippen LogP contribution in [-0.2, 0) is 9.59 Å². The van der Waals surface area contributed by atoms with Gasteiger partial charge in [0, 0.05) is 17.7 Å². The molecule has 0 unspecified atom stereocenters. The highest BCUT2D eigenvalue weighted by molar-refractivity contribution is 6.46. The smallest absolute Gasteiger partial charge is 0.295 e. The molecule has 6 heteroatoms. The predicted octanol–water partition coefficient (Wildman–Crippen LogP) is 3.54. The molecule has 1 atom stereocenters. The molecule has 1 fully saturated rings. The van der Waals surface area contributed by atoms with Crippen LogP contribution in [0.5, 0.6) is 11.5 Å². The van der Waals surface area contributed by atoms with Gasteiger partial charge in [-0.1, -0.05) is 37.3 Å². The zero-order valence-electron chi connectivity index (χ0n) is 16.1. The number of nitrogens with zero attached hydrogens (tertiary/aromatic N) is 1. The molecular formula is C22H23NO5. The predicted molar refractivity (Wildman–Crippen MR) is 105 cm³/mol. The molecule has 28 heavy (non-hydrogen) atoms. The van der Waals surface area contributed by atoms with Gasteiger partial charge in [-0.3, -0.25) is 9.59 Å². The van der Waals surface area contributed by atoms with Gasteiger partial charge in [0.15, 0.2) is 0 Å². The Labute approximate surface area is 164 Å². The van der Waals surface area contributed by atoms with Crippen molar-refractivity contribution in [2.45, 2.75) is 19.4 Å². The van der Waals surface area contributed by atoms with E-state index in [1.54, 1.807) is 49.6 Å². The number of aliphatic hydroxyl groups is 1. The van der Waals surface area contributed by atoms with Crippen LogP contribution >= 0.6 is 0 Å². The third kappa shape index (κ3) is 3.33. The van der Waals surface area contributed by atoms with Crippen molar-refractivity contribution in [2.75, 3.05) is 20.8 Å². The normalized spacial score (nSPS) is 18.4. The topological polar surface area (TPSA) is 76.1 Å². The lowest BCUT2D eigenvalue weighted by Crippen LogP contribution is -2.30. The van der Waals surface area contributed by atoms with Crippen LogP contribution in [0.1, 0.15) is 30.5 Å². The molecule has 146 valence electrons. The standard InChI is InChI=1S/C22H23NO5/c1-4-12-23-19(16-13-15(27-2)10-11-17(16)28-3)18(21(25)22(23)26)20(24)14-8-6-5-7-9-14/h5-11,13,19,24H,4,12H2,1-3H3/t19-/m0/s1. The van der Waals surface area contributed by atoms with E-state index >= 15 is 0 Å². The first-order chi connectivity index (χ1) is 13.5. The molecule has 1 amide bonds. The minimum Gasteiger partial charge on any atom is -0.507 e. The van der Waals surface area contributed by atoms with Crippen LogP contribution < -0.4 is 9.47 Å². The van der Waals surface area contributed by atoms with Gasteiger partial charge < -0.3 is 19.5 Å². The molecule has 1 saturated heterocycles. The average Bonchev–Trinajstić information content (AvgIpc) is 2.98. The number of ketones is 1. The number of rotatable bonds is 6. The largest absolute Gasteiger partial charge is 0.507 e. The maximum absolute atomic E-state index is 12.9. The molecule has 1 aliphatic rings. The van der Waals surface area contributed by atoms with E-state index in [1.807, 2.05) is 13.0 Å². The molecule has 0 bridgehead atoms. The quantitative estimate of drug-likeness (QED) is 0.471. The number of Topliss-reactive ketones (excluding diaryl/α,β-unsaturated/α-hetero) is 1. The van der Waals surface area contributed by atoms with Crippen LogP contribution in [0.25, 0.3) is 5.76 Å². The Kier molecular flexibility index (Phi) is 5.68. The minimum atomic E-state index is -0.759. The van der Waals surface area contributed by atoms with Gasteiger partial charge >= 0.3 is 0 Å². The van der Waals surface area contributed by atoms with E-state index < -0.39 is 17.7 Å². The summed E-state index contributed by atoms with van der Waals surface area (Å²) in [5.41, 5.74) is 1.12. The second kappa shape index (κ2) is 8.17. The fourth-order valence-corrected chi connectivity index (χ4v) is 3.48. The molecule has 0 radical (unpaired) electrons. The summed E-state index contributed by atoms with van der Waals surface area (Å²) in [6.07, 6.45) is 0.668. The van der Waals surface area contributed by atoms with Gasteiger partial charge in [-0.05, 0) is 24.6 Å². The number of benzene rings is 2. The van der Waals surface area contributed by atoms with Crippen molar-refractivity contribution in [1.82, 2.24) is 4.90 Å². The molecule has 0 spiro atoms. The Hall–Kier alpha value is -3.28. The molecule has 0 aromatic heterocycles. The van der Waals surface area contributed by atoms with Crippen LogP contribution in [0.2, 0.25) is 0 Å². The maximum atomic E-state index is 12.9. The van der Waals surface area contributed by atoms with Crippen molar-refractivity contribution < 1.29 is 24.2 Å². The van der Waals surface area contributed by atoms with Crippen molar-refractivity contribution in [3.63, 3.8) is 0 Å². The molecule has 1 N–H and O–H groups in total. The molecule has 0 saturated carbocycles. The number of aliphatic hydroxyl groups excluding tert-OH is 1. The number of ether oxygens (including phenoxy) is 2. The van der Waals surface area contributed by atoms with Gasteiger partial charge in [-0.2, -0.15) is 0 Å². The molecule has 3 rings (SSSR count). The molecule has 1 heterocycles. The Bertz CT molecular complexity index is 920.